The Morgan fingerprint density at radius 1 is 1.33 bits per heavy atom. The molecule has 0 aliphatic heterocycles. The molecule has 2 N–H and O–H groups in total. The van der Waals surface area contributed by atoms with Gasteiger partial charge in [-0.05, 0) is 44.4 Å². The Bertz CT molecular complexity index is 939. The number of anilines is 1. The quantitative estimate of drug-likeness (QED) is 0.130. The third-order valence-electron chi connectivity index (χ3n) is 4.31. The summed E-state index contributed by atoms with van der Waals surface area (Å²) in [4.78, 5) is 8.66. The molecule has 0 amide bonds. The van der Waals surface area contributed by atoms with Crippen LogP contribution < -0.4 is 10.1 Å². The lowest BCUT2D eigenvalue weighted by Crippen LogP contribution is -2.06. The standard InChI is InChI=1S/C23H27FN4O2/c1-4-5-6-7-9-17(2)10-8-13-25-22-15-21(27-23(28-22)30-3)18-11-12-20(24)19(14-18)16-26-29/h4-6,9,11-12,14-16,29H,1,7-8,10,13H2,2-3H3,(H,25,27,28)/b6-5-,17-9+,26-16-. The molecule has 0 spiro atoms. The van der Waals surface area contributed by atoms with E-state index in [9.17, 15) is 4.39 Å². The van der Waals surface area contributed by atoms with Gasteiger partial charge in [-0.15, -0.1) is 0 Å². The summed E-state index contributed by atoms with van der Waals surface area (Å²) in [6, 6.07) is 6.44. The lowest BCUT2D eigenvalue weighted by atomic mass is 10.1. The fourth-order valence-electron chi connectivity index (χ4n) is 2.75. The molecule has 0 aliphatic carbocycles. The molecule has 2 aromatic rings. The summed E-state index contributed by atoms with van der Waals surface area (Å²) < 4.78 is 19.0. The van der Waals surface area contributed by atoms with Gasteiger partial charge in [-0.25, -0.2) is 4.39 Å². The number of nitrogens with zero attached hydrogens (tertiary/aromatic N) is 3. The Balaban J connectivity index is 2.05. The first kappa shape index (κ1) is 22.8. The van der Waals surface area contributed by atoms with Crippen molar-refractivity contribution in [2.45, 2.75) is 26.2 Å². The molecule has 0 bridgehead atoms. The highest BCUT2D eigenvalue weighted by atomic mass is 19.1. The van der Waals surface area contributed by atoms with Crippen molar-refractivity contribution in [1.82, 2.24) is 9.97 Å². The maximum absolute atomic E-state index is 13.8. The molecule has 0 atom stereocenters. The number of ether oxygens (including phenoxy) is 1. The molecule has 30 heavy (non-hydrogen) atoms. The summed E-state index contributed by atoms with van der Waals surface area (Å²) in [7, 11) is 1.49. The number of methoxy groups -OCH3 is 1. The highest BCUT2D eigenvalue weighted by Gasteiger charge is 2.10. The topological polar surface area (TPSA) is 79.6 Å². The van der Waals surface area contributed by atoms with E-state index in [4.69, 9.17) is 9.94 Å². The summed E-state index contributed by atoms with van der Waals surface area (Å²) in [5, 5.41) is 14.9. The minimum Gasteiger partial charge on any atom is -0.467 e. The van der Waals surface area contributed by atoms with Crippen LogP contribution in [0.15, 0.2) is 65.9 Å². The van der Waals surface area contributed by atoms with Crippen LogP contribution >= 0.6 is 0 Å². The number of hydrogen-bond acceptors (Lipinski definition) is 6. The van der Waals surface area contributed by atoms with Gasteiger partial charge in [0.15, 0.2) is 0 Å². The van der Waals surface area contributed by atoms with Crippen molar-refractivity contribution >= 4 is 12.0 Å². The second-order valence-electron chi connectivity index (χ2n) is 6.59. The van der Waals surface area contributed by atoms with Crippen LogP contribution in [0.1, 0.15) is 31.7 Å². The van der Waals surface area contributed by atoms with Gasteiger partial charge in [0.1, 0.15) is 11.6 Å². The second-order valence-corrected chi connectivity index (χ2v) is 6.59. The molecular formula is C23H27FN4O2. The zero-order valence-electron chi connectivity index (χ0n) is 17.3. The molecule has 6 nitrogen and oxygen atoms in total. The molecule has 0 saturated carbocycles. The zero-order chi connectivity index (χ0) is 21.8. The fourth-order valence-corrected chi connectivity index (χ4v) is 2.75. The van der Waals surface area contributed by atoms with Crippen molar-refractivity contribution in [3.63, 3.8) is 0 Å². The van der Waals surface area contributed by atoms with Gasteiger partial charge >= 0.3 is 6.01 Å². The molecule has 158 valence electrons. The maximum Gasteiger partial charge on any atom is 0.318 e. The molecule has 0 aliphatic rings. The Morgan fingerprint density at radius 3 is 2.90 bits per heavy atom. The maximum atomic E-state index is 13.8. The first-order chi connectivity index (χ1) is 14.6. The SMILES string of the molecule is C=C/C=C\C/C=C(\C)CCCNc1cc(-c2ccc(F)c(/C=N\O)c2)nc(OC)n1. The third-order valence-corrected chi connectivity index (χ3v) is 4.31. The average Bonchev–Trinajstić information content (AvgIpc) is 2.75. The van der Waals surface area contributed by atoms with Crippen molar-refractivity contribution < 1.29 is 14.3 Å². The lowest BCUT2D eigenvalue weighted by Gasteiger charge is -2.10. The van der Waals surface area contributed by atoms with Crippen LogP contribution in [0.5, 0.6) is 6.01 Å². The molecule has 1 aromatic carbocycles. The molecule has 1 heterocycles. The van der Waals surface area contributed by atoms with Gasteiger partial charge in [0.05, 0.1) is 19.0 Å². The number of benzene rings is 1. The van der Waals surface area contributed by atoms with Crippen LogP contribution in [-0.2, 0) is 0 Å². The second kappa shape index (κ2) is 12.2. The van der Waals surface area contributed by atoms with Gasteiger partial charge < -0.3 is 15.3 Å². The molecule has 0 unspecified atom stereocenters. The van der Waals surface area contributed by atoms with E-state index in [0.29, 0.717) is 17.1 Å². The van der Waals surface area contributed by atoms with Gasteiger partial charge in [-0.2, -0.15) is 9.97 Å². The van der Waals surface area contributed by atoms with E-state index in [-0.39, 0.29) is 11.6 Å². The number of oxime groups is 1. The van der Waals surface area contributed by atoms with Crippen molar-refractivity contribution in [2.75, 3.05) is 19.0 Å². The number of rotatable bonds is 11. The van der Waals surface area contributed by atoms with E-state index < -0.39 is 5.82 Å². The van der Waals surface area contributed by atoms with Crippen LogP contribution in [0.25, 0.3) is 11.3 Å². The highest BCUT2D eigenvalue weighted by Crippen LogP contribution is 2.24. The minimum absolute atomic E-state index is 0.160. The predicted octanol–water partition coefficient (Wildman–Crippen LogP) is 5.37. The van der Waals surface area contributed by atoms with Crippen molar-refractivity contribution in [1.29, 1.82) is 0 Å². The molecule has 7 heteroatoms. The van der Waals surface area contributed by atoms with Crippen LogP contribution in [0.3, 0.4) is 0 Å². The summed E-state index contributed by atoms with van der Waals surface area (Å²) in [6.45, 7) is 6.51. The molecular weight excluding hydrogens is 383 g/mol. The minimum atomic E-state index is -0.487. The van der Waals surface area contributed by atoms with Gasteiger partial charge in [-0.3, -0.25) is 0 Å². The van der Waals surface area contributed by atoms with Crippen molar-refractivity contribution in [3.8, 4) is 17.3 Å². The summed E-state index contributed by atoms with van der Waals surface area (Å²) >= 11 is 0. The first-order valence-corrected chi connectivity index (χ1v) is 9.65. The van der Waals surface area contributed by atoms with E-state index in [2.05, 4.69) is 46.1 Å². The van der Waals surface area contributed by atoms with Crippen LogP contribution in [0, 0.1) is 5.82 Å². The van der Waals surface area contributed by atoms with Crippen molar-refractivity contribution in [2.24, 2.45) is 5.16 Å². The Hall–Kier alpha value is -3.48. The smallest absolute Gasteiger partial charge is 0.318 e. The van der Waals surface area contributed by atoms with E-state index in [1.54, 1.807) is 24.3 Å². The molecule has 0 fully saturated rings. The van der Waals surface area contributed by atoms with Crippen molar-refractivity contribution in [3.05, 3.63) is 72.1 Å². The Morgan fingerprint density at radius 2 is 2.17 bits per heavy atom. The highest BCUT2D eigenvalue weighted by molar-refractivity contribution is 5.82. The van der Waals surface area contributed by atoms with E-state index in [0.717, 1.165) is 32.0 Å². The van der Waals surface area contributed by atoms with Crippen LogP contribution in [0.2, 0.25) is 0 Å². The monoisotopic (exact) mass is 410 g/mol. The van der Waals surface area contributed by atoms with Gasteiger partial charge in [0.25, 0.3) is 0 Å². The summed E-state index contributed by atoms with van der Waals surface area (Å²) in [5.41, 5.74) is 2.71. The lowest BCUT2D eigenvalue weighted by molar-refractivity contribution is 0.321. The first-order valence-electron chi connectivity index (χ1n) is 9.65. The van der Waals surface area contributed by atoms with E-state index in [1.807, 2.05) is 6.08 Å². The number of nitrogens with one attached hydrogen (secondary N) is 1. The predicted molar refractivity (Wildman–Crippen MR) is 119 cm³/mol. The molecule has 0 saturated heterocycles. The molecule has 1 aromatic heterocycles. The largest absolute Gasteiger partial charge is 0.467 e. The van der Waals surface area contributed by atoms with Crippen LogP contribution in [0.4, 0.5) is 10.2 Å². The van der Waals surface area contributed by atoms with Gasteiger partial charge in [0, 0.05) is 23.7 Å². The Labute approximate surface area is 176 Å². The number of allylic oxidation sites excluding steroid dienone is 5. The number of halogens is 1. The zero-order valence-corrected chi connectivity index (χ0v) is 17.3. The molecule has 2 rings (SSSR count). The fraction of sp³-hybridized carbons (Fsp3) is 0.261. The average molecular weight is 410 g/mol. The normalized spacial score (nSPS) is 11.9. The van der Waals surface area contributed by atoms with Crippen LogP contribution in [-0.4, -0.2) is 35.0 Å². The summed E-state index contributed by atoms with van der Waals surface area (Å²) in [6.07, 6.45) is 11.8. The van der Waals surface area contributed by atoms with Gasteiger partial charge in [-0.1, -0.05) is 41.6 Å². The number of hydrogen-bond donors (Lipinski definition) is 2. The van der Waals surface area contributed by atoms with E-state index >= 15 is 0 Å². The molecule has 0 radical (unpaired) electrons. The third kappa shape index (κ3) is 7.16. The number of aromatic nitrogens is 2. The van der Waals surface area contributed by atoms with Gasteiger partial charge in [0.2, 0.25) is 0 Å². The Kier molecular flexibility index (Phi) is 9.24. The van der Waals surface area contributed by atoms with E-state index in [1.165, 1.54) is 18.7 Å². The summed E-state index contributed by atoms with van der Waals surface area (Å²) in [5.74, 6) is 0.133.